The number of thiophene rings is 1. The number of hydrogen-bond donors (Lipinski definition) is 1. The van der Waals surface area contributed by atoms with Gasteiger partial charge in [-0.3, -0.25) is 0 Å². The zero-order valence-corrected chi connectivity index (χ0v) is 12.5. The van der Waals surface area contributed by atoms with Gasteiger partial charge in [-0.15, -0.1) is 11.3 Å². The van der Waals surface area contributed by atoms with Crippen LogP contribution in [0.1, 0.15) is 49.7 Å². The van der Waals surface area contributed by atoms with Crippen LogP contribution in [0.5, 0.6) is 0 Å². The second-order valence-corrected chi connectivity index (χ2v) is 7.94. The summed E-state index contributed by atoms with van der Waals surface area (Å²) in [5.41, 5.74) is 1.51. The van der Waals surface area contributed by atoms with Crippen molar-refractivity contribution in [3.05, 3.63) is 20.3 Å². The lowest BCUT2D eigenvalue weighted by Gasteiger charge is -2.30. The average Bonchev–Trinajstić information content (AvgIpc) is 2.70. The van der Waals surface area contributed by atoms with Crippen molar-refractivity contribution < 1.29 is 5.11 Å². The van der Waals surface area contributed by atoms with E-state index >= 15 is 0 Å². The number of halogens is 1. The average molecular weight is 303 g/mol. The van der Waals surface area contributed by atoms with E-state index in [1.54, 1.807) is 11.3 Å². The summed E-state index contributed by atoms with van der Waals surface area (Å²) in [6, 6.07) is 2.12. The smallest absolute Gasteiger partial charge is 0.0915 e. The van der Waals surface area contributed by atoms with Crippen molar-refractivity contribution in [1.29, 1.82) is 0 Å². The van der Waals surface area contributed by atoms with Crippen molar-refractivity contribution in [1.82, 2.24) is 0 Å². The fourth-order valence-corrected chi connectivity index (χ4v) is 4.39. The van der Waals surface area contributed by atoms with Crippen LogP contribution in [0.15, 0.2) is 9.85 Å². The molecule has 0 spiro atoms. The van der Waals surface area contributed by atoms with Crippen LogP contribution in [0.4, 0.5) is 0 Å². The van der Waals surface area contributed by atoms with Crippen molar-refractivity contribution in [2.45, 2.75) is 46.1 Å². The minimum Gasteiger partial charge on any atom is -0.387 e. The number of aliphatic hydroxyl groups is 1. The second-order valence-electron chi connectivity index (χ2n) is 5.54. The molecule has 0 bridgehead atoms. The van der Waals surface area contributed by atoms with Crippen molar-refractivity contribution >= 4 is 27.3 Å². The Morgan fingerprint density at radius 1 is 1.56 bits per heavy atom. The van der Waals surface area contributed by atoms with Gasteiger partial charge in [0.2, 0.25) is 0 Å². The van der Waals surface area contributed by atoms with E-state index < -0.39 is 0 Å². The van der Waals surface area contributed by atoms with Crippen LogP contribution < -0.4 is 0 Å². The highest BCUT2D eigenvalue weighted by Gasteiger charge is 2.39. The van der Waals surface area contributed by atoms with Gasteiger partial charge >= 0.3 is 0 Å². The molecule has 1 N–H and O–H groups in total. The molecule has 0 aliphatic heterocycles. The third-order valence-electron chi connectivity index (χ3n) is 3.89. The summed E-state index contributed by atoms with van der Waals surface area (Å²) in [5, 5.41) is 10.5. The van der Waals surface area contributed by atoms with Gasteiger partial charge in [0.25, 0.3) is 0 Å². The molecule has 3 heteroatoms. The summed E-state index contributed by atoms with van der Waals surface area (Å²) in [6.07, 6.45) is 3.36. The Morgan fingerprint density at radius 2 is 2.25 bits per heavy atom. The second kappa shape index (κ2) is 4.43. The highest BCUT2D eigenvalue weighted by molar-refractivity contribution is 9.11. The molecular formula is C13H19BrOS. The lowest BCUT2D eigenvalue weighted by Crippen LogP contribution is -2.23. The Morgan fingerprint density at radius 3 is 2.69 bits per heavy atom. The highest BCUT2D eigenvalue weighted by Crippen LogP contribution is 2.50. The first-order valence-electron chi connectivity index (χ1n) is 5.86. The highest BCUT2D eigenvalue weighted by atomic mass is 79.9. The van der Waals surface area contributed by atoms with E-state index in [0.29, 0.717) is 5.92 Å². The van der Waals surface area contributed by atoms with Crippen molar-refractivity contribution in [3.8, 4) is 0 Å². The van der Waals surface area contributed by atoms with E-state index in [9.17, 15) is 5.11 Å². The van der Waals surface area contributed by atoms with Crippen molar-refractivity contribution in [2.24, 2.45) is 11.3 Å². The fourth-order valence-electron chi connectivity index (χ4n) is 2.77. The molecule has 0 aromatic carbocycles. The van der Waals surface area contributed by atoms with E-state index in [-0.39, 0.29) is 11.5 Å². The molecule has 1 aliphatic rings. The molecule has 1 saturated carbocycles. The van der Waals surface area contributed by atoms with Gasteiger partial charge in [0.05, 0.1) is 9.89 Å². The standard InChI is InChI=1S/C13H19BrOS/c1-8-7-10(16-12(8)14)11(15)9-5-4-6-13(9,2)3/h7,9,11,15H,4-6H2,1-3H3. The van der Waals surface area contributed by atoms with Crippen LogP contribution in [0.25, 0.3) is 0 Å². The molecule has 1 aromatic rings. The third kappa shape index (κ3) is 2.22. The molecule has 0 saturated heterocycles. The van der Waals surface area contributed by atoms with E-state index in [0.717, 1.165) is 15.1 Å². The Hall–Kier alpha value is 0.140. The first kappa shape index (κ1) is 12.6. The molecule has 1 aliphatic carbocycles. The predicted octanol–water partition coefficient (Wildman–Crippen LogP) is 4.68. The summed E-state index contributed by atoms with van der Waals surface area (Å²) in [6.45, 7) is 6.64. The van der Waals surface area contributed by atoms with Crippen LogP contribution in [0, 0.1) is 18.3 Å². The maximum atomic E-state index is 10.5. The van der Waals surface area contributed by atoms with Gasteiger partial charge in [-0.05, 0) is 58.7 Å². The van der Waals surface area contributed by atoms with Crippen LogP contribution >= 0.6 is 27.3 Å². The molecule has 1 aromatic heterocycles. The van der Waals surface area contributed by atoms with Crippen LogP contribution in [-0.2, 0) is 0 Å². The topological polar surface area (TPSA) is 20.2 Å². The summed E-state index contributed by atoms with van der Waals surface area (Å²) in [7, 11) is 0. The summed E-state index contributed by atoms with van der Waals surface area (Å²) in [5.74, 6) is 0.414. The Bertz CT molecular complexity index is 364. The molecule has 2 atom stereocenters. The molecule has 1 heterocycles. The summed E-state index contributed by atoms with van der Waals surface area (Å²) < 4.78 is 1.15. The number of aryl methyl sites for hydroxylation is 1. The van der Waals surface area contributed by atoms with Gasteiger partial charge < -0.3 is 5.11 Å². The molecule has 16 heavy (non-hydrogen) atoms. The first-order valence-corrected chi connectivity index (χ1v) is 7.46. The molecule has 1 nitrogen and oxygen atoms in total. The lowest BCUT2D eigenvalue weighted by molar-refractivity contribution is 0.0558. The minimum absolute atomic E-state index is 0.282. The maximum Gasteiger partial charge on any atom is 0.0915 e. The number of aliphatic hydroxyl groups excluding tert-OH is 1. The molecule has 2 rings (SSSR count). The molecule has 2 unspecified atom stereocenters. The summed E-state index contributed by atoms with van der Waals surface area (Å²) in [4.78, 5) is 1.12. The van der Waals surface area contributed by atoms with E-state index in [1.165, 1.54) is 18.4 Å². The zero-order chi connectivity index (χ0) is 11.9. The van der Waals surface area contributed by atoms with Gasteiger partial charge in [-0.25, -0.2) is 0 Å². The van der Waals surface area contributed by atoms with Gasteiger partial charge in [-0.2, -0.15) is 0 Å². The molecule has 0 amide bonds. The SMILES string of the molecule is Cc1cc(C(O)C2CCCC2(C)C)sc1Br. The quantitative estimate of drug-likeness (QED) is 0.841. The monoisotopic (exact) mass is 302 g/mol. The maximum absolute atomic E-state index is 10.5. The summed E-state index contributed by atoms with van der Waals surface area (Å²) >= 11 is 5.21. The van der Waals surface area contributed by atoms with E-state index in [1.807, 2.05) is 0 Å². The zero-order valence-electron chi connectivity index (χ0n) is 10.1. The van der Waals surface area contributed by atoms with E-state index in [4.69, 9.17) is 0 Å². The molecule has 1 fully saturated rings. The van der Waals surface area contributed by atoms with Crippen molar-refractivity contribution in [3.63, 3.8) is 0 Å². The fraction of sp³-hybridized carbons (Fsp3) is 0.692. The third-order valence-corrected chi connectivity index (χ3v) is 6.10. The van der Waals surface area contributed by atoms with Crippen molar-refractivity contribution in [2.75, 3.05) is 0 Å². The number of rotatable bonds is 2. The van der Waals surface area contributed by atoms with Gasteiger partial charge in [0.15, 0.2) is 0 Å². The first-order chi connectivity index (χ1) is 7.42. The minimum atomic E-state index is -0.285. The predicted molar refractivity (Wildman–Crippen MR) is 72.8 cm³/mol. The Balaban J connectivity index is 2.22. The van der Waals surface area contributed by atoms with Crippen LogP contribution in [0.3, 0.4) is 0 Å². The Labute approximate surface area is 110 Å². The van der Waals surface area contributed by atoms with Gasteiger partial charge in [0, 0.05) is 4.88 Å². The molecule has 90 valence electrons. The molecular weight excluding hydrogens is 284 g/mol. The lowest BCUT2D eigenvalue weighted by atomic mass is 9.78. The largest absolute Gasteiger partial charge is 0.387 e. The van der Waals surface area contributed by atoms with E-state index in [2.05, 4.69) is 42.8 Å². The van der Waals surface area contributed by atoms with Gasteiger partial charge in [0.1, 0.15) is 0 Å². The molecule has 0 radical (unpaired) electrons. The van der Waals surface area contributed by atoms with Crippen LogP contribution in [0.2, 0.25) is 0 Å². The number of hydrogen-bond acceptors (Lipinski definition) is 2. The van der Waals surface area contributed by atoms with Gasteiger partial charge in [-0.1, -0.05) is 20.3 Å². The van der Waals surface area contributed by atoms with Crippen LogP contribution in [-0.4, -0.2) is 5.11 Å². The normalized spacial score (nSPS) is 25.9. The Kier molecular flexibility index (Phi) is 3.49.